The van der Waals surface area contributed by atoms with Crippen LogP contribution in [0.3, 0.4) is 0 Å². The number of halogens is 3. The highest BCUT2D eigenvalue weighted by molar-refractivity contribution is 5.99. The summed E-state index contributed by atoms with van der Waals surface area (Å²) in [6.07, 6.45) is -1.43. The van der Waals surface area contributed by atoms with Crippen molar-refractivity contribution in [2.75, 3.05) is 5.32 Å². The van der Waals surface area contributed by atoms with Gasteiger partial charge in [0, 0.05) is 17.8 Å². The van der Waals surface area contributed by atoms with Crippen molar-refractivity contribution in [2.45, 2.75) is 12.5 Å². The second-order valence-corrected chi connectivity index (χ2v) is 4.83. The lowest BCUT2D eigenvalue weighted by Crippen LogP contribution is -2.07. The van der Waals surface area contributed by atoms with E-state index in [0.29, 0.717) is 23.4 Å². The molecule has 2 N–H and O–H groups in total. The van der Waals surface area contributed by atoms with Crippen molar-refractivity contribution in [1.82, 2.24) is 0 Å². The Morgan fingerprint density at radius 2 is 1.76 bits per heavy atom. The van der Waals surface area contributed by atoms with Gasteiger partial charge in [-0.3, -0.25) is 4.79 Å². The molecule has 0 aromatic heterocycles. The number of anilines is 1. The fourth-order valence-corrected chi connectivity index (χ4v) is 2.40. The highest BCUT2D eigenvalue weighted by Crippen LogP contribution is 2.31. The van der Waals surface area contributed by atoms with Gasteiger partial charge in [0.2, 0.25) is 5.91 Å². The van der Waals surface area contributed by atoms with Crippen molar-refractivity contribution in [3.05, 3.63) is 64.5 Å². The quantitative estimate of drug-likeness (QED) is 0.894. The van der Waals surface area contributed by atoms with Gasteiger partial charge in [0.15, 0.2) is 0 Å². The molecule has 1 amide bonds. The van der Waals surface area contributed by atoms with E-state index in [1.165, 1.54) is 12.1 Å². The lowest BCUT2D eigenvalue weighted by atomic mass is 9.98. The molecule has 1 unspecified atom stereocenters. The van der Waals surface area contributed by atoms with Crippen LogP contribution in [-0.4, -0.2) is 11.0 Å². The van der Waals surface area contributed by atoms with E-state index in [0.717, 1.165) is 0 Å². The average Bonchev–Trinajstić information content (AvgIpc) is 2.76. The molecule has 108 valence electrons. The van der Waals surface area contributed by atoms with Crippen LogP contribution in [0.4, 0.5) is 18.9 Å². The first kappa shape index (κ1) is 13.6. The molecule has 0 saturated carbocycles. The van der Waals surface area contributed by atoms with Crippen LogP contribution in [0.5, 0.6) is 0 Å². The van der Waals surface area contributed by atoms with Crippen LogP contribution in [0.25, 0.3) is 0 Å². The minimum absolute atomic E-state index is 0.143. The van der Waals surface area contributed by atoms with Gasteiger partial charge < -0.3 is 10.4 Å². The second kappa shape index (κ2) is 4.89. The molecule has 21 heavy (non-hydrogen) atoms. The van der Waals surface area contributed by atoms with E-state index in [9.17, 15) is 23.1 Å². The lowest BCUT2D eigenvalue weighted by Gasteiger charge is -2.14. The fraction of sp³-hybridized carbons (Fsp3) is 0.133. The van der Waals surface area contributed by atoms with Crippen molar-refractivity contribution < 1.29 is 23.1 Å². The minimum atomic E-state index is -1.58. The van der Waals surface area contributed by atoms with Crippen LogP contribution in [-0.2, 0) is 11.2 Å². The molecule has 3 rings (SSSR count). The van der Waals surface area contributed by atoms with E-state index in [2.05, 4.69) is 5.32 Å². The molecular weight excluding hydrogens is 283 g/mol. The molecule has 0 saturated heterocycles. The van der Waals surface area contributed by atoms with Crippen LogP contribution >= 0.6 is 0 Å². The maximum Gasteiger partial charge on any atom is 0.228 e. The van der Waals surface area contributed by atoms with Crippen molar-refractivity contribution in [3.63, 3.8) is 0 Å². The van der Waals surface area contributed by atoms with Gasteiger partial charge in [-0.1, -0.05) is 12.1 Å². The lowest BCUT2D eigenvalue weighted by molar-refractivity contribution is -0.115. The van der Waals surface area contributed by atoms with E-state index >= 15 is 0 Å². The molecule has 2 aromatic rings. The zero-order valence-corrected chi connectivity index (χ0v) is 10.7. The van der Waals surface area contributed by atoms with E-state index in [1.54, 1.807) is 6.07 Å². The third kappa shape index (κ3) is 2.38. The van der Waals surface area contributed by atoms with E-state index in [1.807, 2.05) is 0 Å². The molecule has 1 aliphatic heterocycles. The fourth-order valence-electron chi connectivity index (χ4n) is 2.40. The summed E-state index contributed by atoms with van der Waals surface area (Å²) in [7, 11) is 0. The highest BCUT2D eigenvalue weighted by atomic mass is 19.1. The van der Waals surface area contributed by atoms with E-state index < -0.39 is 29.1 Å². The number of aliphatic hydroxyl groups excluding tert-OH is 1. The van der Waals surface area contributed by atoms with Crippen LogP contribution in [0.15, 0.2) is 30.3 Å². The first-order chi connectivity index (χ1) is 9.95. The molecule has 0 spiro atoms. The number of hydrogen-bond donors (Lipinski definition) is 2. The Bertz CT molecular complexity index is 723. The number of carbonyl (C=O) groups is 1. The van der Waals surface area contributed by atoms with Crippen LogP contribution < -0.4 is 5.32 Å². The first-order valence-electron chi connectivity index (χ1n) is 6.21. The van der Waals surface area contributed by atoms with Crippen LogP contribution in [0.1, 0.15) is 22.8 Å². The van der Waals surface area contributed by atoms with E-state index in [-0.39, 0.29) is 17.9 Å². The Hall–Kier alpha value is -2.34. The highest BCUT2D eigenvalue weighted by Gasteiger charge is 2.24. The number of hydrogen-bond acceptors (Lipinski definition) is 2. The summed E-state index contributed by atoms with van der Waals surface area (Å²) in [6.45, 7) is 0. The van der Waals surface area contributed by atoms with Gasteiger partial charge in [0.25, 0.3) is 0 Å². The summed E-state index contributed by atoms with van der Waals surface area (Å²) >= 11 is 0. The van der Waals surface area contributed by atoms with Crippen molar-refractivity contribution in [2.24, 2.45) is 0 Å². The number of nitrogens with one attached hydrogen (secondary N) is 1. The van der Waals surface area contributed by atoms with Crippen molar-refractivity contribution in [1.29, 1.82) is 0 Å². The SMILES string of the molecule is O=C1Cc2cc(C(O)c3c(F)cc(F)cc3F)ccc2N1. The number of carbonyl (C=O) groups excluding carboxylic acids is 1. The summed E-state index contributed by atoms with van der Waals surface area (Å²) in [4.78, 5) is 11.3. The monoisotopic (exact) mass is 293 g/mol. The van der Waals surface area contributed by atoms with Crippen LogP contribution in [0.2, 0.25) is 0 Å². The molecule has 0 aliphatic carbocycles. The third-order valence-electron chi connectivity index (χ3n) is 3.39. The largest absolute Gasteiger partial charge is 0.383 e. The maximum absolute atomic E-state index is 13.7. The standard InChI is InChI=1S/C15H10F3NO2/c16-9-5-10(17)14(11(18)6-9)15(21)7-1-2-12-8(3-7)4-13(20)19-12/h1-3,5-6,15,21H,4H2,(H,19,20). The Morgan fingerprint density at radius 1 is 1.10 bits per heavy atom. The van der Waals surface area contributed by atoms with Gasteiger partial charge in [0.05, 0.1) is 12.0 Å². The van der Waals surface area contributed by atoms with Crippen molar-refractivity contribution in [3.8, 4) is 0 Å². The topological polar surface area (TPSA) is 49.3 Å². The van der Waals surface area contributed by atoms with Crippen LogP contribution in [0, 0.1) is 17.5 Å². The number of amides is 1. The predicted molar refractivity (Wildman–Crippen MR) is 69.2 cm³/mol. The summed E-state index contributed by atoms with van der Waals surface area (Å²) in [5, 5.41) is 12.7. The average molecular weight is 293 g/mol. The molecular formula is C15H10F3NO2. The zero-order chi connectivity index (χ0) is 15.1. The number of fused-ring (bicyclic) bond motifs is 1. The number of rotatable bonds is 2. The van der Waals surface area contributed by atoms with E-state index in [4.69, 9.17) is 0 Å². The normalized spacial score (nSPS) is 14.8. The Kier molecular flexibility index (Phi) is 3.17. The summed E-state index contributed by atoms with van der Waals surface area (Å²) in [6, 6.07) is 5.54. The van der Waals surface area contributed by atoms with Gasteiger partial charge >= 0.3 is 0 Å². The molecule has 2 aromatic carbocycles. The van der Waals surface area contributed by atoms with Gasteiger partial charge in [-0.25, -0.2) is 13.2 Å². The second-order valence-electron chi connectivity index (χ2n) is 4.83. The summed E-state index contributed by atoms with van der Waals surface area (Å²) in [5.74, 6) is -3.55. The Balaban J connectivity index is 2.02. The molecule has 1 aliphatic rings. The molecule has 0 bridgehead atoms. The third-order valence-corrected chi connectivity index (χ3v) is 3.39. The smallest absolute Gasteiger partial charge is 0.228 e. The zero-order valence-electron chi connectivity index (χ0n) is 10.7. The van der Waals surface area contributed by atoms with Crippen molar-refractivity contribution >= 4 is 11.6 Å². The molecule has 3 nitrogen and oxygen atoms in total. The number of benzene rings is 2. The van der Waals surface area contributed by atoms with Gasteiger partial charge in [-0.15, -0.1) is 0 Å². The number of aliphatic hydroxyl groups is 1. The summed E-state index contributed by atoms with van der Waals surface area (Å²) < 4.78 is 40.2. The molecule has 1 heterocycles. The molecule has 6 heteroatoms. The minimum Gasteiger partial charge on any atom is -0.383 e. The Labute approximate surface area is 118 Å². The first-order valence-corrected chi connectivity index (χ1v) is 6.21. The summed E-state index contributed by atoms with van der Waals surface area (Å²) in [5.41, 5.74) is 0.860. The molecule has 1 atom stereocenters. The van der Waals surface area contributed by atoms with Gasteiger partial charge in [-0.05, 0) is 17.2 Å². The van der Waals surface area contributed by atoms with Gasteiger partial charge in [0.1, 0.15) is 23.6 Å². The van der Waals surface area contributed by atoms with Gasteiger partial charge in [-0.2, -0.15) is 0 Å². The maximum atomic E-state index is 13.7. The molecule has 0 radical (unpaired) electrons. The predicted octanol–water partition coefficient (Wildman–Crippen LogP) is 2.68. The molecule has 0 fully saturated rings. The Morgan fingerprint density at radius 3 is 2.43 bits per heavy atom.